The van der Waals surface area contributed by atoms with E-state index in [9.17, 15) is 4.79 Å². The molecule has 31 heavy (non-hydrogen) atoms. The average Bonchev–Trinajstić information content (AvgIpc) is 3.34. The number of amides is 1. The number of rotatable bonds is 8. The third kappa shape index (κ3) is 5.01. The maximum atomic E-state index is 13.7. The summed E-state index contributed by atoms with van der Waals surface area (Å²) in [5.74, 6) is -0.0147. The van der Waals surface area contributed by atoms with Crippen LogP contribution in [0.3, 0.4) is 0 Å². The molecule has 0 aliphatic rings. The van der Waals surface area contributed by atoms with E-state index < -0.39 is 0 Å². The van der Waals surface area contributed by atoms with Crippen molar-refractivity contribution in [1.82, 2.24) is 14.4 Å². The highest BCUT2D eigenvalue weighted by molar-refractivity contribution is 6.30. The molecule has 4 aromatic rings. The number of furan rings is 1. The molecule has 5 nitrogen and oxygen atoms in total. The van der Waals surface area contributed by atoms with Gasteiger partial charge in [-0.3, -0.25) is 4.79 Å². The van der Waals surface area contributed by atoms with E-state index in [2.05, 4.69) is 4.90 Å². The number of fused-ring (bicyclic) bond motifs is 1. The number of nitrogens with zero attached hydrogens (tertiary/aromatic N) is 3. The van der Waals surface area contributed by atoms with Gasteiger partial charge in [-0.25, -0.2) is 0 Å². The molecule has 0 spiro atoms. The molecule has 0 aliphatic carbocycles. The molecule has 0 saturated carbocycles. The predicted molar refractivity (Wildman–Crippen MR) is 124 cm³/mol. The van der Waals surface area contributed by atoms with Gasteiger partial charge in [0.15, 0.2) is 5.58 Å². The van der Waals surface area contributed by atoms with Crippen molar-refractivity contribution in [1.29, 1.82) is 0 Å². The number of hydrogen-bond donors (Lipinski definition) is 0. The van der Waals surface area contributed by atoms with Crippen LogP contribution >= 0.6 is 11.6 Å². The quantitative estimate of drug-likeness (QED) is 0.385. The van der Waals surface area contributed by atoms with Crippen molar-refractivity contribution in [3.63, 3.8) is 0 Å². The minimum absolute atomic E-state index is 0.0147. The third-order valence-corrected chi connectivity index (χ3v) is 5.53. The highest BCUT2D eigenvalue weighted by Crippen LogP contribution is 2.25. The maximum absolute atomic E-state index is 13.7. The van der Waals surface area contributed by atoms with Crippen LogP contribution in [0.4, 0.5) is 0 Å². The van der Waals surface area contributed by atoms with Crippen LogP contribution < -0.4 is 0 Å². The van der Waals surface area contributed by atoms with Gasteiger partial charge in [0.05, 0.1) is 11.8 Å². The average molecular weight is 436 g/mol. The lowest BCUT2D eigenvalue weighted by molar-refractivity contribution is 0.0722. The fourth-order valence-corrected chi connectivity index (χ4v) is 3.89. The number of aromatic nitrogens is 1. The van der Waals surface area contributed by atoms with Crippen molar-refractivity contribution >= 4 is 28.6 Å². The molecular formula is C25H26ClN3O2. The van der Waals surface area contributed by atoms with Gasteiger partial charge < -0.3 is 18.8 Å². The first kappa shape index (κ1) is 21.2. The Morgan fingerprint density at radius 3 is 2.48 bits per heavy atom. The fraction of sp³-hybridized carbons (Fsp3) is 0.240. The summed E-state index contributed by atoms with van der Waals surface area (Å²) in [6.45, 7) is 2.50. The topological polar surface area (TPSA) is 41.6 Å². The van der Waals surface area contributed by atoms with Crippen LogP contribution in [-0.4, -0.2) is 47.5 Å². The first-order valence-corrected chi connectivity index (χ1v) is 10.7. The zero-order valence-corrected chi connectivity index (χ0v) is 18.5. The van der Waals surface area contributed by atoms with Gasteiger partial charge in [-0.05, 0) is 37.4 Å². The molecule has 4 rings (SSSR count). The number of carbonyl (C=O) groups excluding carboxylic acids is 1. The van der Waals surface area contributed by atoms with E-state index in [1.807, 2.05) is 90.3 Å². The summed E-state index contributed by atoms with van der Waals surface area (Å²) < 4.78 is 7.64. The second-order valence-electron chi connectivity index (χ2n) is 7.93. The van der Waals surface area contributed by atoms with Crippen molar-refractivity contribution in [2.45, 2.75) is 13.1 Å². The normalized spacial score (nSPS) is 11.4. The number of benzene rings is 2. The van der Waals surface area contributed by atoms with Crippen molar-refractivity contribution in [3.8, 4) is 0 Å². The molecule has 1 amide bonds. The lowest BCUT2D eigenvalue weighted by Crippen LogP contribution is -2.37. The Bertz CT molecular complexity index is 1160. The van der Waals surface area contributed by atoms with Crippen LogP contribution in [0.5, 0.6) is 0 Å². The molecule has 0 saturated heterocycles. The van der Waals surface area contributed by atoms with E-state index in [4.69, 9.17) is 16.0 Å². The lowest BCUT2D eigenvalue weighted by Gasteiger charge is -2.25. The molecule has 6 heteroatoms. The van der Waals surface area contributed by atoms with Gasteiger partial charge in [0.25, 0.3) is 5.91 Å². The largest absolute Gasteiger partial charge is 0.463 e. The second-order valence-corrected chi connectivity index (χ2v) is 8.37. The van der Waals surface area contributed by atoms with Crippen LogP contribution in [-0.2, 0) is 13.1 Å². The minimum Gasteiger partial charge on any atom is -0.463 e. The Hall–Kier alpha value is -3.02. The maximum Gasteiger partial charge on any atom is 0.270 e. The smallest absolute Gasteiger partial charge is 0.270 e. The minimum atomic E-state index is -0.0147. The molecule has 0 fully saturated rings. The van der Waals surface area contributed by atoms with Gasteiger partial charge in [-0.15, -0.1) is 0 Å². The monoisotopic (exact) mass is 435 g/mol. The van der Waals surface area contributed by atoms with Crippen LogP contribution in [0.25, 0.3) is 11.1 Å². The zero-order chi connectivity index (χ0) is 21.8. The van der Waals surface area contributed by atoms with Crippen molar-refractivity contribution in [2.75, 3.05) is 27.2 Å². The predicted octanol–water partition coefficient (Wildman–Crippen LogP) is 5.14. The third-order valence-electron chi connectivity index (χ3n) is 5.29. The second kappa shape index (κ2) is 9.41. The molecular weight excluding hydrogens is 410 g/mol. The summed E-state index contributed by atoms with van der Waals surface area (Å²) in [5, 5.41) is 0.678. The first-order chi connectivity index (χ1) is 15.0. The highest BCUT2D eigenvalue weighted by atomic mass is 35.5. The summed E-state index contributed by atoms with van der Waals surface area (Å²) in [4.78, 5) is 17.7. The molecule has 0 bridgehead atoms. The van der Waals surface area contributed by atoms with E-state index in [0.717, 1.165) is 23.2 Å². The van der Waals surface area contributed by atoms with Crippen molar-refractivity contribution in [3.05, 3.63) is 94.8 Å². The first-order valence-electron chi connectivity index (χ1n) is 10.3. The van der Waals surface area contributed by atoms with Crippen LogP contribution in [0.15, 0.2) is 77.4 Å². The molecule has 0 unspecified atom stereocenters. The van der Waals surface area contributed by atoms with Crippen LogP contribution in [0.2, 0.25) is 5.02 Å². The fourth-order valence-electron chi connectivity index (χ4n) is 3.68. The van der Waals surface area contributed by atoms with E-state index in [1.54, 1.807) is 6.26 Å². The number of carbonyl (C=O) groups is 1. The Morgan fingerprint density at radius 1 is 0.968 bits per heavy atom. The highest BCUT2D eigenvalue weighted by Gasteiger charge is 2.23. The summed E-state index contributed by atoms with van der Waals surface area (Å²) in [5.41, 5.74) is 4.35. The van der Waals surface area contributed by atoms with Crippen molar-refractivity contribution in [2.24, 2.45) is 0 Å². The molecule has 160 valence electrons. The van der Waals surface area contributed by atoms with Crippen LogP contribution in [0, 0.1) is 0 Å². The molecule has 2 heterocycles. The van der Waals surface area contributed by atoms with Gasteiger partial charge in [-0.1, -0.05) is 54.1 Å². The molecule has 2 aromatic carbocycles. The van der Waals surface area contributed by atoms with Crippen LogP contribution in [0.1, 0.15) is 21.6 Å². The van der Waals surface area contributed by atoms with Gasteiger partial charge in [0, 0.05) is 43.3 Å². The standard InChI is InChI=1S/C25H26ClN3O2/c1-27(2)12-13-28(17-19-7-4-3-5-8-19)25(30)23-16-24-22(11-14-31-24)29(23)18-20-9-6-10-21(26)15-20/h3-11,14-16H,12-13,17-18H2,1-2H3. The molecule has 0 radical (unpaired) electrons. The lowest BCUT2D eigenvalue weighted by atomic mass is 10.2. The van der Waals surface area contributed by atoms with E-state index in [1.165, 1.54) is 0 Å². The Balaban J connectivity index is 1.68. The Labute approximate surface area is 187 Å². The van der Waals surface area contributed by atoms with Gasteiger partial charge in [0.2, 0.25) is 0 Å². The molecule has 0 atom stereocenters. The number of halogens is 1. The van der Waals surface area contributed by atoms with Gasteiger partial charge in [0.1, 0.15) is 5.69 Å². The molecule has 0 aliphatic heterocycles. The Kier molecular flexibility index (Phi) is 6.44. The van der Waals surface area contributed by atoms with Crippen molar-refractivity contribution < 1.29 is 9.21 Å². The summed E-state index contributed by atoms with van der Waals surface area (Å²) in [6, 6.07) is 21.5. The van der Waals surface area contributed by atoms with Gasteiger partial charge >= 0.3 is 0 Å². The summed E-state index contributed by atoms with van der Waals surface area (Å²) >= 11 is 6.19. The number of likely N-dealkylation sites (N-methyl/N-ethyl adjacent to an activating group) is 1. The Morgan fingerprint density at radius 2 is 1.74 bits per heavy atom. The zero-order valence-electron chi connectivity index (χ0n) is 17.8. The summed E-state index contributed by atoms with van der Waals surface area (Å²) in [7, 11) is 4.03. The summed E-state index contributed by atoms with van der Waals surface area (Å²) in [6.07, 6.45) is 1.65. The van der Waals surface area contributed by atoms with E-state index in [0.29, 0.717) is 35.9 Å². The molecule has 0 N–H and O–H groups in total. The molecule has 2 aromatic heterocycles. The van der Waals surface area contributed by atoms with E-state index in [-0.39, 0.29) is 5.91 Å². The SMILES string of the molecule is CN(C)CCN(Cc1ccccc1)C(=O)c1cc2occc2n1Cc1cccc(Cl)c1. The van der Waals surface area contributed by atoms with Gasteiger partial charge in [-0.2, -0.15) is 0 Å². The number of hydrogen-bond acceptors (Lipinski definition) is 3. The van der Waals surface area contributed by atoms with E-state index >= 15 is 0 Å².